The summed E-state index contributed by atoms with van der Waals surface area (Å²) in [4.78, 5) is 23.4. The number of carbonyl (C=O) groups is 1. The fraction of sp³-hybridized carbons (Fsp3) is 0.194. The van der Waals surface area contributed by atoms with E-state index in [2.05, 4.69) is 11.5 Å². The van der Waals surface area contributed by atoms with Crippen LogP contribution in [0.3, 0.4) is 0 Å². The van der Waals surface area contributed by atoms with Crippen molar-refractivity contribution >= 4 is 33.7 Å². The van der Waals surface area contributed by atoms with Gasteiger partial charge in [-0.05, 0) is 67.1 Å². The SMILES string of the molecule is CCCCn1cc(OC(=O)c2ccc(OC)cc2)c2c1nc(-c1ccc(OC)cc1)n1c3ccccc3nc21. The summed E-state index contributed by atoms with van der Waals surface area (Å²) >= 11 is 0. The van der Waals surface area contributed by atoms with Crippen LogP contribution in [0.2, 0.25) is 0 Å². The second-order valence-corrected chi connectivity index (χ2v) is 9.28. The Bertz CT molecular complexity index is 1800. The average molecular weight is 521 g/mol. The predicted molar refractivity (Wildman–Crippen MR) is 151 cm³/mol. The van der Waals surface area contributed by atoms with Crippen LogP contribution in [0.5, 0.6) is 17.2 Å². The highest BCUT2D eigenvalue weighted by molar-refractivity contribution is 6.03. The highest BCUT2D eigenvalue weighted by Crippen LogP contribution is 2.36. The Morgan fingerprint density at radius 1 is 0.846 bits per heavy atom. The number of para-hydroxylation sites is 2. The molecule has 0 amide bonds. The van der Waals surface area contributed by atoms with Crippen molar-refractivity contribution in [2.75, 3.05) is 14.2 Å². The van der Waals surface area contributed by atoms with Crippen molar-refractivity contribution < 1.29 is 19.0 Å². The molecule has 3 aromatic carbocycles. The summed E-state index contributed by atoms with van der Waals surface area (Å²) in [7, 11) is 3.24. The van der Waals surface area contributed by atoms with Crippen molar-refractivity contribution in [2.24, 2.45) is 0 Å². The molecule has 3 aromatic heterocycles. The third kappa shape index (κ3) is 4.33. The highest BCUT2D eigenvalue weighted by atomic mass is 16.5. The average Bonchev–Trinajstić information content (AvgIpc) is 3.54. The number of fused-ring (bicyclic) bond motifs is 5. The predicted octanol–water partition coefficient (Wildman–Crippen LogP) is 6.54. The maximum Gasteiger partial charge on any atom is 0.343 e. The number of methoxy groups -OCH3 is 2. The molecule has 0 N–H and O–H groups in total. The maximum atomic E-state index is 13.2. The molecule has 0 spiro atoms. The zero-order valence-corrected chi connectivity index (χ0v) is 22.0. The maximum absolute atomic E-state index is 13.2. The van der Waals surface area contributed by atoms with Crippen LogP contribution < -0.4 is 14.2 Å². The van der Waals surface area contributed by atoms with E-state index in [9.17, 15) is 4.79 Å². The first-order valence-corrected chi connectivity index (χ1v) is 12.9. The van der Waals surface area contributed by atoms with Crippen molar-refractivity contribution in [3.05, 3.63) is 84.6 Å². The van der Waals surface area contributed by atoms with Gasteiger partial charge in [0.2, 0.25) is 0 Å². The van der Waals surface area contributed by atoms with Gasteiger partial charge in [0.1, 0.15) is 28.4 Å². The van der Waals surface area contributed by atoms with Crippen LogP contribution in [-0.2, 0) is 6.54 Å². The standard InChI is InChI=1S/C31H28N4O4/c1-4-5-18-34-19-26(39-31(36)21-12-16-23(38-3)17-13-21)27-29(34)33-28(20-10-14-22(37-2)15-11-20)35-25-9-7-6-8-24(25)32-30(27)35/h6-17,19H,4-5,18H2,1-3H3. The first kappa shape index (κ1) is 24.5. The summed E-state index contributed by atoms with van der Waals surface area (Å²) in [6.45, 7) is 2.88. The highest BCUT2D eigenvalue weighted by Gasteiger charge is 2.23. The van der Waals surface area contributed by atoms with Gasteiger partial charge in [-0.1, -0.05) is 25.5 Å². The number of hydrogen-bond acceptors (Lipinski definition) is 6. The van der Waals surface area contributed by atoms with Crippen molar-refractivity contribution in [1.29, 1.82) is 0 Å². The van der Waals surface area contributed by atoms with E-state index < -0.39 is 5.97 Å². The lowest BCUT2D eigenvalue weighted by Crippen LogP contribution is -2.08. The molecule has 0 aliphatic heterocycles. The molecule has 8 nitrogen and oxygen atoms in total. The van der Waals surface area contributed by atoms with Crippen LogP contribution in [-0.4, -0.2) is 39.1 Å². The number of hydrogen-bond donors (Lipinski definition) is 0. The Morgan fingerprint density at radius 3 is 2.23 bits per heavy atom. The van der Waals surface area contributed by atoms with E-state index in [1.54, 1.807) is 38.5 Å². The molecule has 0 atom stereocenters. The molecule has 0 aliphatic rings. The molecule has 0 saturated carbocycles. The number of aryl methyl sites for hydroxylation is 1. The Kier molecular flexibility index (Phi) is 6.36. The van der Waals surface area contributed by atoms with E-state index in [1.165, 1.54) is 0 Å². The third-order valence-corrected chi connectivity index (χ3v) is 6.85. The summed E-state index contributed by atoms with van der Waals surface area (Å²) in [5.41, 5.74) is 4.50. The molecule has 0 saturated heterocycles. The van der Waals surface area contributed by atoms with E-state index in [0.717, 1.165) is 53.2 Å². The lowest BCUT2D eigenvalue weighted by Gasteiger charge is -2.10. The van der Waals surface area contributed by atoms with Gasteiger partial charge in [-0.15, -0.1) is 0 Å². The molecule has 6 rings (SSSR count). The smallest absolute Gasteiger partial charge is 0.343 e. The Labute approximate surface area is 225 Å². The zero-order valence-electron chi connectivity index (χ0n) is 22.0. The minimum atomic E-state index is -0.458. The molecule has 6 aromatic rings. The number of ether oxygens (including phenoxy) is 3. The van der Waals surface area contributed by atoms with E-state index in [4.69, 9.17) is 24.2 Å². The van der Waals surface area contributed by atoms with Gasteiger partial charge in [0, 0.05) is 18.3 Å². The summed E-state index contributed by atoms with van der Waals surface area (Å²) in [6.07, 6.45) is 3.84. The molecule has 39 heavy (non-hydrogen) atoms. The van der Waals surface area contributed by atoms with Crippen molar-refractivity contribution in [2.45, 2.75) is 26.3 Å². The van der Waals surface area contributed by atoms with Gasteiger partial charge in [-0.2, -0.15) is 0 Å². The zero-order chi connectivity index (χ0) is 26.9. The number of benzene rings is 3. The van der Waals surface area contributed by atoms with Crippen molar-refractivity contribution in [1.82, 2.24) is 18.9 Å². The van der Waals surface area contributed by atoms with E-state index >= 15 is 0 Å². The van der Waals surface area contributed by atoms with Crippen LogP contribution in [0, 0.1) is 0 Å². The molecule has 0 unspecified atom stereocenters. The first-order valence-electron chi connectivity index (χ1n) is 12.9. The van der Waals surface area contributed by atoms with Gasteiger partial charge in [0.25, 0.3) is 0 Å². The number of esters is 1. The number of carbonyl (C=O) groups excluding carboxylic acids is 1. The fourth-order valence-electron chi connectivity index (χ4n) is 4.81. The lowest BCUT2D eigenvalue weighted by atomic mass is 10.2. The van der Waals surface area contributed by atoms with E-state index in [1.807, 2.05) is 59.1 Å². The number of rotatable bonds is 8. The second-order valence-electron chi connectivity index (χ2n) is 9.28. The molecule has 0 bridgehead atoms. The molecule has 8 heteroatoms. The van der Waals surface area contributed by atoms with Gasteiger partial charge in [0.15, 0.2) is 11.4 Å². The van der Waals surface area contributed by atoms with Crippen LogP contribution in [0.15, 0.2) is 79.0 Å². The quantitative estimate of drug-likeness (QED) is 0.212. The minimum Gasteiger partial charge on any atom is -0.497 e. The van der Waals surface area contributed by atoms with Gasteiger partial charge >= 0.3 is 5.97 Å². The first-order chi connectivity index (χ1) is 19.1. The summed E-state index contributed by atoms with van der Waals surface area (Å²) in [5.74, 6) is 2.16. The van der Waals surface area contributed by atoms with Crippen molar-refractivity contribution in [3.63, 3.8) is 0 Å². The Balaban J connectivity index is 1.59. The number of imidazole rings is 1. The van der Waals surface area contributed by atoms with Crippen LogP contribution in [0.25, 0.3) is 39.1 Å². The van der Waals surface area contributed by atoms with E-state index in [0.29, 0.717) is 28.1 Å². The third-order valence-electron chi connectivity index (χ3n) is 6.85. The molecular weight excluding hydrogens is 492 g/mol. The molecule has 196 valence electrons. The van der Waals surface area contributed by atoms with Crippen molar-refractivity contribution in [3.8, 4) is 28.6 Å². The van der Waals surface area contributed by atoms with E-state index in [-0.39, 0.29) is 0 Å². The summed E-state index contributed by atoms with van der Waals surface area (Å²) in [6, 6.07) is 22.6. The molecule has 3 heterocycles. The Hall–Kier alpha value is -4.85. The normalized spacial score (nSPS) is 11.4. The molecule has 0 aliphatic carbocycles. The molecule has 0 fully saturated rings. The summed E-state index contributed by atoms with van der Waals surface area (Å²) < 4.78 is 20.7. The second kappa shape index (κ2) is 10.1. The van der Waals surface area contributed by atoms with Gasteiger partial charge in [-0.3, -0.25) is 4.40 Å². The number of nitrogens with zero attached hydrogens (tertiary/aromatic N) is 4. The monoisotopic (exact) mass is 520 g/mol. The lowest BCUT2D eigenvalue weighted by molar-refractivity contribution is 0.0737. The van der Waals surface area contributed by atoms with Crippen LogP contribution in [0.1, 0.15) is 30.1 Å². The largest absolute Gasteiger partial charge is 0.497 e. The number of aromatic nitrogens is 4. The summed E-state index contributed by atoms with van der Waals surface area (Å²) in [5, 5.41) is 0.696. The number of unbranched alkanes of at least 4 members (excludes halogenated alkanes) is 1. The van der Waals surface area contributed by atoms with Gasteiger partial charge < -0.3 is 18.8 Å². The fourth-order valence-corrected chi connectivity index (χ4v) is 4.81. The molecule has 0 radical (unpaired) electrons. The topological polar surface area (TPSA) is 79.9 Å². The minimum absolute atomic E-state index is 0.427. The molecular formula is C31H28N4O4. The van der Waals surface area contributed by atoms with Crippen LogP contribution >= 0.6 is 0 Å². The van der Waals surface area contributed by atoms with Gasteiger partial charge in [0.05, 0.1) is 30.8 Å². The Morgan fingerprint density at radius 2 is 1.54 bits per heavy atom. The van der Waals surface area contributed by atoms with Crippen LogP contribution in [0.4, 0.5) is 0 Å². The van der Waals surface area contributed by atoms with Gasteiger partial charge in [-0.25, -0.2) is 14.8 Å².